The summed E-state index contributed by atoms with van der Waals surface area (Å²) in [5.74, 6) is -2.31. The number of rotatable bonds is 4. The van der Waals surface area contributed by atoms with Gasteiger partial charge in [-0.2, -0.15) is 5.10 Å². The van der Waals surface area contributed by atoms with Crippen molar-refractivity contribution in [2.24, 2.45) is 0 Å². The minimum atomic E-state index is -0.871. The molecule has 0 atom stereocenters. The Bertz CT molecular complexity index is 876. The summed E-state index contributed by atoms with van der Waals surface area (Å²) in [7, 11) is 0. The molecule has 0 radical (unpaired) electrons. The largest absolute Gasteiger partial charge is 0.504 e. The van der Waals surface area contributed by atoms with Gasteiger partial charge in [0, 0.05) is 12.3 Å². The number of para-hydroxylation sites is 1. The van der Waals surface area contributed by atoms with Crippen LogP contribution in [0.25, 0.3) is 0 Å². The van der Waals surface area contributed by atoms with Gasteiger partial charge >= 0.3 is 0 Å². The number of amides is 1. The number of nitrogens with zero attached hydrogens (tertiary/aromatic N) is 2. The van der Waals surface area contributed by atoms with Crippen LogP contribution in [0, 0.1) is 11.6 Å². The van der Waals surface area contributed by atoms with E-state index in [1.165, 1.54) is 24.3 Å². The predicted octanol–water partition coefficient (Wildman–Crippen LogP) is 3.17. The Morgan fingerprint density at radius 3 is 2.62 bits per heavy atom. The first-order valence-electron chi connectivity index (χ1n) is 7.09. The van der Waals surface area contributed by atoms with Crippen molar-refractivity contribution in [3.05, 3.63) is 77.5 Å². The average Bonchev–Trinajstić information content (AvgIpc) is 2.99. The van der Waals surface area contributed by atoms with Crippen molar-refractivity contribution in [3.63, 3.8) is 0 Å². The zero-order valence-corrected chi connectivity index (χ0v) is 12.4. The SMILES string of the molecule is O=C(Nc1ccn(Cc2ccc(F)cc2)n1)c1cccc(F)c1O. The first kappa shape index (κ1) is 15.7. The van der Waals surface area contributed by atoms with Crippen LogP contribution in [0.15, 0.2) is 54.7 Å². The van der Waals surface area contributed by atoms with E-state index in [9.17, 15) is 18.7 Å². The van der Waals surface area contributed by atoms with Crippen molar-refractivity contribution in [2.45, 2.75) is 6.54 Å². The lowest BCUT2D eigenvalue weighted by atomic mass is 10.2. The molecule has 24 heavy (non-hydrogen) atoms. The maximum Gasteiger partial charge on any atom is 0.260 e. The fourth-order valence-corrected chi connectivity index (χ4v) is 2.18. The average molecular weight is 329 g/mol. The van der Waals surface area contributed by atoms with Crippen LogP contribution < -0.4 is 5.32 Å². The summed E-state index contributed by atoms with van der Waals surface area (Å²) in [6.45, 7) is 0.404. The highest BCUT2D eigenvalue weighted by molar-refractivity contribution is 6.05. The quantitative estimate of drug-likeness (QED) is 0.772. The third-order valence-electron chi connectivity index (χ3n) is 3.37. The number of phenolic OH excluding ortho intramolecular Hbond substituents is 1. The molecule has 5 nitrogen and oxygen atoms in total. The molecule has 3 rings (SSSR count). The first-order valence-corrected chi connectivity index (χ1v) is 7.09. The maximum atomic E-state index is 13.3. The third kappa shape index (κ3) is 3.40. The van der Waals surface area contributed by atoms with Gasteiger partial charge in [0.15, 0.2) is 17.4 Å². The van der Waals surface area contributed by atoms with E-state index in [0.29, 0.717) is 6.54 Å². The molecular weight excluding hydrogens is 316 g/mol. The number of benzene rings is 2. The highest BCUT2D eigenvalue weighted by Gasteiger charge is 2.15. The number of aromatic hydroxyl groups is 1. The molecule has 2 aromatic carbocycles. The molecule has 1 amide bonds. The Morgan fingerprint density at radius 2 is 1.88 bits per heavy atom. The highest BCUT2D eigenvalue weighted by atomic mass is 19.1. The van der Waals surface area contributed by atoms with Gasteiger partial charge in [0.1, 0.15) is 5.82 Å². The number of aromatic nitrogens is 2. The Hall–Kier alpha value is -3.22. The number of hydrogen-bond donors (Lipinski definition) is 2. The Kier molecular flexibility index (Phi) is 4.24. The summed E-state index contributed by atoms with van der Waals surface area (Å²) in [5, 5.41) is 16.2. The number of anilines is 1. The van der Waals surface area contributed by atoms with Gasteiger partial charge < -0.3 is 10.4 Å². The van der Waals surface area contributed by atoms with Crippen LogP contribution in [0.5, 0.6) is 5.75 Å². The predicted molar refractivity (Wildman–Crippen MR) is 83.7 cm³/mol. The van der Waals surface area contributed by atoms with E-state index < -0.39 is 17.5 Å². The molecule has 1 aromatic heterocycles. The monoisotopic (exact) mass is 329 g/mol. The molecule has 0 aliphatic rings. The minimum Gasteiger partial charge on any atom is -0.504 e. The summed E-state index contributed by atoms with van der Waals surface area (Å²) in [5.41, 5.74) is 0.670. The van der Waals surface area contributed by atoms with Crippen LogP contribution in [0.1, 0.15) is 15.9 Å². The zero-order valence-electron chi connectivity index (χ0n) is 12.4. The van der Waals surface area contributed by atoms with Gasteiger partial charge in [-0.3, -0.25) is 9.48 Å². The van der Waals surface area contributed by atoms with Gasteiger partial charge in [-0.15, -0.1) is 0 Å². The molecule has 0 fully saturated rings. The Labute approximate surface area is 136 Å². The van der Waals surface area contributed by atoms with E-state index >= 15 is 0 Å². The van der Waals surface area contributed by atoms with Crippen LogP contribution in [-0.2, 0) is 6.54 Å². The van der Waals surface area contributed by atoms with Crippen molar-refractivity contribution in [1.82, 2.24) is 9.78 Å². The van der Waals surface area contributed by atoms with Gasteiger partial charge in [0.05, 0.1) is 12.1 Å². The standard InChI is InChI=1S/C17H13F2N3O2/c18-12-6-4-11(5-7-12)10-22-9-8-15(21-22)20-17(24)13-2-1-3-14(19)16(13)23/h1-9,23H,10H2,(H,20,21,24). The number of halogens is 2. The smallest absolute Gasteiger partial charge is 0.260 e. The summed E-state index contributed by atoms with van der Waals surface area (Å²) in [6.07, 6.45) is 1.64. The van der Waals surface area contributed by atoms with E-state index in [4.69, 9.17) is 0 Å². The van der Waals surface area contributed by atoms with Crippen LogP contribution in [0.4, 0.5) is 14.6 Å². The fourth-order valence-electron chi connectivity index (χ4n) is 2.18. The fraction of sp³-hybridized carbons (Fsp3) is 0.0588. The van der Waals surface area contributed by atoms with Crippen molar-refractivity contribution in [3.8, 4) is 5.75 Å². The van der Waals surface area contributed by atoms with Crippen LogP contribution in [-0.4, -0.2) is 20.8 Å². The molecule has 122 valence electrons. The van der Waals surface area contributed by atoms with Crippen LogP contribution in [0.2, 0.25) is 0 Å². The molecular formula is C17H13F2N3O2. The summed E-state index contributed by atoms with van der Waals surface area (Å²) in [6, 6.07) is 11.3. The molecule has 0 aliphatic heterocycles. The van der Waals surface area contributed by atoms with Crippen molar-refractivity contribution < 1.29 is 18.7 Å². The van der Waals surface area contributed by atoms with Crippen LogP contribution in [0.3, 0.4) is 0 Å². The Morgan fingerprint density at radius 1 is 1.12 bits per heavy atom. The van der Waals surface area contributed by atoms with Gasteiger partial charge in [0.25, 0.3) is 5.91 Å². The topological polar surface area (TPSA) is 67.2 Å². The van der Waals surface area contributed by atoms with Crippen molar-refractivity contribution >= 4 is 11.7 Å². The van der Waals surface area contributed by atoms with Gasteiger partial charge in [-0.25, -0.2) is 8.78 Å². The lowest BCUT2D eigenvalue weighted by Gasteiger charge is -2.05. The second kappa shape index (κ2) is 6.49. The highest BCUT2D eigenvalue weighted by Crippen LogP contribution is 2.21. The molecule has 1 heterocycles. The van der Waals surface area contributed by atoms with Gasteiger partial charge in [-0.1, -0.05) is 18.2 Å². The molecule has 0 spiro atoms. The van der Waals surface area contributed by atoms with E-state index in [1.54, 1.807) is 29.1 Å². The van der Waals surface area contributed by atoms with E-state index in [2.05, 4.69) is 10.4 Å². The van der Waals surface area contributed by atoms with E-state index in [-0.39, 0.29) is 17.2 Å². The first-order chi connectivity index (χ1) is 11.5. The van der Waals surface area contributed by atoms with Crippen molar-refractivity contribution in [2.75, 3.05) is 5.32 Å². The lowest BCUT2D eigenvalue weighted by molar-refractivity contribution is 0.102. The molecule has 0 bridgehead atoms. The van der Waals surface area contributed by atoms with Crippen molar-refractivity contribution in [1.29, 1.82) is 0 Å². The number of phenols is 1. The summed E-state index contributed by atoms with van der Waals surface area (Å²) < 4.78 is 27.7. The second-order valence-electron chi connectivity index (χ2n) is 5.12. The normalized spacial score (nSPS) is 10.6. The van der Waals surface area contributed by atoms with Gasteiger partial charge in [-0.05, 0) is 29.8 Å². The molecule has 0 saturated carbocycles. The van der Waals surface area contributed by atoms with E-state index in [0.717, 1.165) is 11.6 Å². The molecule has 0 saturated heterocycles. The number of hydrogen-bond acceptors (Lipinski definition) is 3. The molecule has 0 unspecified atom stereocenters. The second-order valence-corrected chi connectivity index (χ2v) is 5.12. The third-order valence-corrected chi connectivity index (χ3v) is 3.37. The molecule has 7 heteroatoms. The van der Waals surface area contributed by atoms with Gasteiger partial charge in [0.2, 0.25) is 0 Å². The number of nitrogens with one attached hydrogen (secondary N) is 1. The van der Waals surface area contributed by atoms with E-state index in [1.807, 2.05) is 0 Å². The number of carbonyl (C=O) groups is 1. The Balaban J connectivity index is 1.70. The number of carbonyl (C=O) groups excluding carboxylic acids is 1. The molecule has 0 aliphatic carbocycles. The minimum absolute atomic E-state index is 0.178. The summed E-state index contributed by atoms with van der Waals surface area (Å²) >= 11 is 0. The maximum absolute atomic E-state index is 13.3. The lowest BCUT2D eigenvalue weighted by Crippen LogP contribution is -2.13. The molecule has 2 N–H and O–H groups in total. The summed E-state index contributed by atoms with van der Waals surface area (Å²) in [4.78, 5) is 12.1. The zero-order chi connectivity index (χ0) is 17.1. The van der Waals surface area contributed by atoms with Crippen LogP contribution >= 0.6 is 0 Å². The molecule has 3 aromatic rings.